The highest BCUT2D eigenvalue weighted by Crippen LogP contribution is 2.31. The van der Waals surface area contributed by atoms with Crippen molar-refractivity contribution in [2.75, 3.05) is 0 Å². The third-order valence-corrected chi connectivity index (χ3v) is 3.30. The summed E-state index contributed by atoms with van der Waals surface area (Å²) in [6.45, 7) is 5.57. The number of aliphatic imine (C=N–C) groups is 2. The molecule has 114 valence electrons. The maximum Gasteiger partial charge on any atom is 0.240 e. The predicted molar refractivity (Wildman–Crippen MR) is 86.8 cm³/mol. The van der Waals surface area contributed by atoms with Crippen LogP contribution < -0.4 is 0 Å². The van der Waals surface area contributed by atoms with Gasteiger partial charge < -0.3 is 0 Å². The molecule has 0 radical (unpaired) electrons. The standard InChI is InChI=1S/C17H14N4O2/c1-11-6-14(18-9-22)4-5-15(11)20-21-17-8-12(2)16(19-10-23)7-13(17)3/h4-8H,1-3H3. The highest BCUT2D eigenvalue weighted by Gasteiger charge is 2.04. The van der Waals surface area contributed by atoms with E-state index in [4.69, 9.17) is 0 Å². The monoisotopic (exact) mass is 306 g/mol. The van der Waals surface area contributed by atoms with E-state index in [9.17, 15) is 9.59 Å². The molecule has 0 aromatic heterocycles. The van der Waals surface area contributed by atoms with Crippen molar-refractivity contribution < 1.29 is 9.59 Å². The maximum absolute atomic E-state index is 10.4. The average molecular weight is 306 g/mol. The van der Waals surface area contributed by atoms with E-state index >= 15 is 0 Å². The lowest BCUT2D eigenvalue weighted by Gasteiger charge is -2.04. The zero-order valence-corrected chi connectivity index (χ0v) is 13.0. The van der Waals surface area contributed by atoms with Gasteiger partial charge in [0, 0.05) is 0 Å². The Morgan fingerprint density at radius 1 is 0.696 bits per heavy atom. The minimum absolute atomic E-state index is 0.527. The van der Waals surface area contributed by atoms with Crippen molar-refractivity contribution in [1.29, 1.82) is 0 Å². The summed E-state index contributed by atoms with van der Waals surface area (Å²) in [7, 11) is 0. The Kier molecular flexibility index (Phi) is 5.05. The molecule has 0 fully saturated rings. The summed E-state index contributed by atoms with van der Waals surface area (Å²) < 4.78 is 0. The summed E-state index contributed by atoms with van der Waals surface area (Å²) in [6, 6.07) is 8.73. The van der Waals surface area contributed by atoms with E-state index in [1.54, 1.807) is 24.3 Å². The van der Waals surface area contributed by atoms with Crippen molar-refractivity contribution in [2.45, 2.75) is 20.8 Å². The number of rotatable bonds is 4. The number of isocyanates is 2. The van der Waals surface area contributed by atoms with Crippen LogP contribution in [0, 0.1) is 20.8 Å². The molecule has 23 heavy (non-hydrogen) atoms. The smallest absolute Gasteiger partial charge is 0.211 e. The maximum atomic E-state index is 10.4. The summed E-state index contributed by atoms with van der Waals surface area (Å²) in [4.78, 5) is 27.8. The fraction of sp³-hybridized carbons (Fsp3) is 0.176. The molecule has 0 amide bonds. The average Bonchev–Trinajstić information content (AvgIpc) is 2.51. The van der Waals surface area contributed by atoms with Crippen LogP contribution in [-0.4, -0.2) is 12.2 Å². The molecule has 0 unspecified atom stereocenters. The Morgan fingerprint density at radius 3 is 1.91 bits per heavy atom. The highest BCUT2D eigenvalue weighted by molar-refractivity contribution is 5.62. The van der Waals surface area contributed by atoms with Crippen molar-refractivity contribution >= 4 is 34.9 Å². The Bertz CT molecular complexity index is 874. The van der Waals surface area contributed by atoms with Gasteiger partial charge >= 0.3 is 0 Å². The van der Waals surface area contributed by atoms with E-state index in [1.165, 1.54) is 12.2 Å². The molecule has 0 bridgehead atoms. The molecule has 0 saturated heterocycles. The molecule has 0 aliphatic heterocycles. The molecule has 0 aliphatic rings. The van der Waals surface area contributed by atoms with Gasteiger partial charge in [0.25, 0.3) is 0 Å². The fourth-order valence-electron chi connectivity index (χ4n) is 2.04. The molecule has 0 aliphatic carbocycles. The molecule has 0 saturated carbocycles. The molecule has 2 rings (SSSR count). The van der Waals surface area contributed by atoms with Gasteiger partial charge in [0.1, 0.15) is 0 Å². The Morgan fingerprint density at radius 2 is 1.26 bits per heavy atom. The van der Waals surface area contributed by atoms with E-state index in [0.717, 1.165) is 16.7 Å². The van der Waals surface area contributed by atoms with E-state index in [-0.39, 0.29) is 0 Å². The van der Waals surface area contributed by atoms with Crippen molar-refractivity contribution in [3.05, 3.63) is 47.0 Å². The summed E-state index contributed by atoms with van der Waals surface area (Å²) in [5.74, 6) is 0. The third kappa shape index (κ3) is 3.92. The van der Waals surface area contributed by atoms with Crippen molar-refractivity contribution in [3.63, 3.8) is 0 Å². The molecule has 0 heterocycles. The molecule has 0 spiro atoms. The second-order valence-electron chi connectivity index (χ2n) is 5.00. The van der Waals surface area contributed by atoms with Crippen LogP contribution in [0.3, 0.4) is 0 Å². The molecule has 0 N–H and O–H groups in total. The van der Waals surface area contributed by atoms with Crippen LogP contribution in [0.25, 0.3) is 0 Å². The molecule has 6 nitrogen and oxygen atoms in total. The number of hydrogen-bond acceptors (Lipinski definition) is 6. The van der Waals surface area contributed by atoms with Crippen molar-refractivity contribution in [1.82, 2.24) is 0 Å². The predicted octanol–water partition coefficient (Wildman–Crippen LogP) is 4.96. The van der Waals surface area contributed by atoms with Gasteiger partial charge in [-0.2, -0.15) is 20.2 Å². The van der Waals surface area contributed by atoms with Crippen LogP contribution in [0.2, 0.25) is 0 Å². The van der Waals surface area contributed by atoms with Crippen LogP contribution in [0.15, 0.2) is 50.5 Å². The Hall–Kier alpha value is -3.20. The quantitative estimate of drug-likeness (QED) is 0.454. The minimum Gasteiger partial charge on any atom is -0.211 e. The van der Waals surface area contributed by atoms with Crippen LogP contribution in [-0.2, 0) is 9.59 Å². The van der Waals surface area contributed by atoms with Crippen molar-refractivity contribution in [2.24, 2.45) is 20.2 Å². The lowest BCUT2D eigenvalue weighted by Crippen LogP contribution is -1.80. The Balaban J connectivity index is 2.35. The lowest BCUT2D eigenvalue weighted by atomic mass is 10.1. The van der Waals surface area contributed by atoms with Gasteiger partial charge in [-0.25, -0.2) is 9.59 Å². The lowest BCUT2D eigenvalue weighted by molar-refractivity contribution is 0.564. The summed E-state index contributed by atoms with van der Waals surface area (Å²) in [5.41, 5.74) is 5.00. The van der Waals surface area contributed by atoms with Gasteiger partial charge in [-0.1, -0.05) is 0 Å². The van der Waals surface area contributed by atoms with Crippen LogP contribution >= 0.6 is 0 Å². The first kappa shape index (κ1) is 16.2. The normalized spacial score (nSPS) is 10.2. The van der Waals surface area contributed by atoms with Gasteiger partial charge in [-0.15, -0.1) is 0 Å². The topological polar surface area (TPSA) is 83.6 Å². The molecule has 2 aromatic rings. The van der Waals surface area contributed by atoms with E-state index < -0.39 is 0 Å². The van der Waals surface area contributed by atoms with Gasteiger partial charge in [0.2, 0.25) is 12.2 Å². The highest BCUT2D eigenvalue weighted by atomic mass is 16.1. The van der Waals surface area contributed by atoms with Crippen LogP contribution in [0.5, 0.6) is 0 Å². The molecular weight excluding hydrogens is 292 g/mol. The first-order chi connectivity index (χ1) is 11.0. The van der Waals surface area contributed by atoms with E-state index in [1.807, 2.05) is 26.8 Å². The van der Waals surface area contributed by atoms with Gasteiger partial charge in [-0.3, -0.25) is 0 Å². The number of hydrogen-bond donors (Lipinski definition) is 0. The van der Waals surface area contributed by atoms with E-state index in [0.29, 0.717) is 22.7 Å². The summed E-state index contributed by atoms with van der Waals surface area (Å²) in [5, 5.41) is 8.48. The van der Waals surface area contributed by atoms with Crippen molar-refractivity contribution in [3.8, 4) is 0 Å². The molecular formula is C17H14N4O2. The molecule has 6 heteroatoms. The number of benzene rings is 2. The van der Waals surface area contributed by atoms with Gasteiger partial charge in [0.15, 0.2) is 0 Å². The fourth-order valence-corrected chi connectivity index (χ4v) is 2.04. The number of azo groups is 1. The van der Waals surface area contributed by atoms with Crippen LogP contribution in [0.1, 0.15) is 16.7 Å². The second kappa shape index (κ2) is 7.18. The zero-order chi connectivity index (χ0) is 16.8. The SMILES string of the molecule is Cc1cc(N=Nc2ccc(N=C=O)cc2C)c(C)cc1N=C=O. The zero-order valence-electron chi connectivity index (χ0n) is 13.0. The number of nitrogens with zero attached hydrogens (tertiary/aromatic N) is 4. The third-order valence-electron chi connectivity index (χ3n) is 3.30. The van der Waals surface area contributed by atoms with Crippen LogP contribution in [0.4, 0.5) is 22.7 Å². The van der Waals surface area contributed by atoms with E-state index in [2.05, 4.69) is 20.2 Å². The minimum atomic E-state index is 0.527. The van der Waals surface area contributed by atoms with Gasteiger partial charge in [-0.05, 0) is 67.8 Å². The number of aryl methyl sites for hydroxylation is 3. The molecule has 0 atom stereocenters. The first-order valence-corrected chi connectivity index (χ1v) is 6.84. The molecule has 2 aromatic carbocycles. The summed E-state index contributed by atoms with van der Waals surface area (Å²) in [6.07, 6.45) is 3.04. The number of carbonyl (C=O) groups excluding carboxylic acids is 2. The Labute approximate surface area is 133 Å². The second-order valence-corrected chi connectivity index (χ2v) is 5.00. The first-order valence-electron chi connectivity index (χ1n) is 6.84. The van der Waals surface area contributed by atoms with Gasteiger partial charge in [0.05, 0.1) is 22.7 Å². The largest absolute Gasteiger partial charge is 0.240 e. The summed E-state index contributed by atoms with van der Waals surface area (Å²) >= 11 is 0.